The van der Waals surface area contributed by atoms with E-state index in [1.165, 1.54) is 0 Å². The Bertz CT molecular complexity index is 857. The fourth-order valence-corrected chi connectivity index (χ4v) is 3.63. The fourth-order valence-electron chi connectivity index (χ4n) is 3.33. The number of halogens is 2. The summed E-state index contributed by atoms with van der Waals surface area (Å²) in [7, 11) is 0. The van der Waals surface area contributed by atoms with Crippen molar-refractivity contribution in [2.24, 2.45) is 5.73 Å². The van der Waals surface area contributed by atoms with Crippen molar-refractivity contribution in [1.29, 1.82) is 0 Å². The number of piperidine rings is 1. The molecular formula is C20H21Cl2N3O2. The number of carbonyl (C=O) groups excluding carboxylic acids is 2. The van der Waals surface area contributed by atoms with Gasteiger partial charge in [-0.3, -0.25) is 14.5 Å². The molecule has 1 aliphatic heterocycles. The number of nitrogens with zero attached hydrogens (tertiary/aromatic N) is 1. The van der Waals surface area contributed by atoms with E-state index in [0.717, 1.165) is 31.4 Å². The quantitative estimate of drug-likeness (QED) is 0.786. The van der Waals surface area contributed by atoms with Crippen LogP contribution in [0.2, 0.25) is 10.0 Å². The van der Waals surface area contributed by atoms with E-state index < -0.39 is 5.91 Å². The number of amides is 2. The second-order valence-electron chi connectivity index (χ2n) is 6.66. The van der Waals surface area contributed by atoms with Gasteiger partial charge in [0.1, 0.15) is 0 Å². The third kappa shape index (κ3) is 5.01. The van der Waals surface area contributed by atoms with Crippen molar-refractivity contribution in [3.63, 3.8) is 0 Å². The number of carbonyl (C=O) groups is 2. The molecule has 0 saturated carbocycles. The topological polar surface area (TPSA) is 75.4 Å². The summed E-state index contributed by atoms with van der Waals surface area (Å²) in [6.07, 6.45) is 2.81. The molecule has 7 heteroatoms. The number of hydrogen-bond donors (Lipinski definition) is 2. The van der Waals surface area contributed by atoms with Crippen LogP contribution in [-0.2, 0) is 11.3 Å². The predicted octanol–water partition coefficient (Wildman–Crippen LogP) is 4.09. The maximum atomic E-state index is 12.8. The van der Waals surface area contributed by atoms with Crippen LogP contribution in [-0.4, -0.2) is 29.3 Å². The van der Waals surface area contributed by atoms with Crippen molar-refractivity contribution in [2.45, 2.75) is 31.8 Å². The van der Waals surface area contributed by atoms with E-state index >= 15 is 0 Å². The second-order valence-corrected chi connectivity index (χ2v) is 7.48. The van der Waals surface area contributed by atoms with Crippen molar-refractivity contribution >= 4 is 40.7 Å². The Morgan fingerprint density at radius 2 is 1.93 bits per heavy atom. The third-order valence-corrected chi connectivity index (χ3v) is 5.44. The SMILES string of the molecule is NC(=O)c1cccc(CN2CCCCC2C(=O)Nc2ccc(Cl)c(Cl)c2)c1. The van der Waals surface area contributed by atoms with Crippen LogP contribution in [0.5, 0.6) is 0 Å². The zero-order valence-electron chi connectivity index (χ0n) is 14.8. The molecule has 1 atom stereocenters. The molecule has 1 fully saturated rings. The number of primary amides is 1. The molecule has 0 radical (unpaired) electrons. The van der Waals surface area contributed by atoms with Crippen LogP contribution in [0.3, 0.4) is 0 Å². The number of anilines is 1. The number of likely N-dealkylation sites (tertiary alicyclic amines) is 1. The van der Waals surface area contributed by atoms with E-state index in [1.54, 1.807) is 30.3 Å². The summed E-state index contributed by atoms with van der Waals surface area (Å²) in [5.74, 6) is -0.524. The van der Waals surface area contributed by atoms with Gasteiger partial charge in [-0.2, -0.15) is 0 Å². The minimum absolute atomic E-state index is 0.0702. The van der Waals surface area contributed by atoms with Crippen LogP contribution in [0.4, 0.5) is 5.69 Å². The van der Waals surface area contributed by atoms with Crippen LogP contribution in [0.1, 0.15) is 35.2 Å². The van der Waals surface area contributed by atoms with Crippen LogP contribution >= 0.6 is 23.2 Å². The van der Waals surface area contributed by atoms with Crippen molar-refractivity contribution in [3.05, 3.63) is 63.6 Å². The number of rotatable bonds is 5. The second kappa shape index (κ2) is 8.74. The van der Waals surface area contributed by atoms with Crippen molar-refractivity contribution in [2.75, 3.05) is 11.9 Å². The van der Waals surface area contributed by atoms with Gasteiger partial charge >= 0.3 is 0 Å². The summed E-state index contributed by atoms with van der Waals surface area (Å²) >= 11 is 12.0. The lowest BCUT2D eigenvalue weighted by Crippen LogP contribution is -2.46. The summed E-state index contributed by atoms with van der Waals surface area (Å²) in [5, 5.41) is 3.78. The van der Waals surface area contributed by atoms with Gasteiger partial charge < -0.3 is 11.1 Å². The van der Waals surface area contributed by atoms with Crippen LogP contribution in [0, 0.1) is 0 Å². The average molecular weight is 406 g/mol. The Kier molecular flexibility index (Phi) is 6.37. The molecule has 0 aromatic heterocycles. The largest absolute Gasteiger partial charge is 0.366 e. The zero-order chi connectivity index (χ0) is 19.4. The zero-order valence-corrected chi connectivity index (χ0v) is 16.3. The summed E-state index contributed by atoms with van der Waals surface area (Å²) < 4.78 is 0. The molecule has 27 heavy (non-hydrogen) atoms. The number of nitrogens with one attached hydrogen (secondary N) is 1. The maximum absolute atomic E-state index is 12.8. The van der Waals surface area contributed by atoms with Gasteiger partial charge in [-0.05, 0) is 55.3 Å². The minimum atomic E-state index is -0.454. The van der Waals surface area contributed by atoms with Crippen LogP contribution < -0.4 is 11.1 Å². The van der Waals surface area contributed by atoms with E-state index in [0.29, 0.717) is 27.8 Å². The highest BCUT2D eigenvalue weighted by atomic mass is 35.5. The molecule has 3 N–H and O–H groups in total. The molecule has 3 rings (SSSR count). The van der Waals surface area contributed by atoms with Crippen LogP contribution in [0.25, 0.3) is 0 Å². The average Bonchev–Trinajstić information content (AvgIpc) is 2.65. The van der Waals surface area contributed by atoms with E-state index in [4.69, 9.17) is 28.9 Å². The molecule has 1 unspecified atom stereocenters. The monoisotopic (exact) mass is 405 g/mol. The van der Waals surface area contributed by atoms with Crippen molar-refractivity contribution in [1.82, 2.24) is 4.90 Å². The first-order valence-electron chi connectivity index (χ1n) is 8.83. The molecule has 0 bridgehead atoms. The van der Waals surface area contributed by atoms with Gasteiger partial charge in [0.25, 0.3) is 0 Å². The standard InChI is InChI=1S/C20H21Cl2N3O2/c21-16-8-7-15(11-17(16)22)24-20(27)18-6-1-2-9-25(18)12-13-4-3-5-14(10-13)19(23)26/h3-5,7-8,10-11,18H,1-2,6,9,12H2,(H2,23,26)(H,24,27). The first kappa shape index (κ1) is 19.7. The van der Waals surface area contributed by atoms with Gasteiger partial charge in [-0.25, -0.2) is 0 Å². The summed E-state index contributed by atoms with van der Waals surface area (Å²) in [6, 6.07) is 12.0. The smallest absolute Gasteiger partial charge is 0.248 e. The van der Waals surface area contributed by atoms with E-state index in [9.17, 15) is 9.59 Å². The number of nitrogens with two attached hydrogens (primary N) is 1. The Labute approximate surface area is 168 Å². The van der Waals surface area contributed by atoms with Crippen molar-refractivity contribution < 1.29 is 9.59 Å². The normalized spacial score (nSPS) is 17.5. The lowest BCUT2D eigenvalue weighted by molar-refractivity contribution is -0.122. The highest BCUT2D eigenvalue weighted by Gasteiger charge is 2.29. The van der Waals surface area contributed by atoms with Gasteiger partial charge in [-0.15, -0.1) is 0 Å². The molecule has 0 spiro atoms. The lowest BCUT2D eigenvalue weighted by Gasteiger charge is -2.34. The third-order valence-electron chi connectivity index (χ3n) is 4.70. The van der Waals surface area contributed by atoms with Gasteiger partial charge in [0.2, 0.25) is 11.8 Å². The van der Waals surface area contributed by atoms with Gasteiger partial charge in [-0.1, -0.05) is 41.8 Å². The molecule has 2 amide bonds. The van der Waals surface area contributed by atoms with Gasteiger partial charge in [0.15, 0.2) is 0 Å². The fraction of sp³-hybridized carbons (Fsp3) is 0.300. The highest BCUT2D eigenvalue weighted by Crippen LogP contribution is 2.26. The number of hydrogen-bond acceptors (Lipinski definition) is 3. The van der Waals surface area contributed by atoms with Gasteiger partial charge in [0.05, 0.1) is 16.1 Å². The number of benzene rings is 2. The first-order chi connectivity index (χ1) is 12.9. The van der Waals surface area contributed by atoms with E-state index in [1.807, 2.05) is 12.1 Å². The molecule has 1 saturated heterocycles. The van der Waals surface area contributed by atoms with E-state index in [-0.39, 0.29) is 11.9 Å². The summed E-state index contributed by atoms with van der Waals surface area (Å²) in [6.45, 7) is 1.40. The maximum Gasteiger partial charge on any atom is 0.248 e. The Morgan fingerprint density at radius 3 is 2.67 bits per heavy atom. The highest BCUT2D eigenvalue weighted by molar-refractivity contribution is 6.42. The molecule has 1 aliphatic rings. The molecule has 5 nitrogen and oxygen atoms in total. The summed E-state index contributed by atoms with van der Waals surface area (Å²) in [5.41, 5.74) is 7.42. The molecule has 2 aromatic carbocycles. The van der Waals surface area contributed by atoms with E-state index in [2.05, 4.69) is 10.2 Å². The molecule has 0 aliphatic carbocycles. The Morgan fingerprint density at radius 1 is 1.11 bits per heavy atom. The van der Waals surface area contributed by atoms with Gasteiger partial charge in [0, 0.05) is 17.8 Å². The predicted molar refractivity (Wildman–Crippen MR) is 108 cm³/mol. The molecule has 142 valence electrons. The minimum Gasteiger partial charge on any atom is -0.366 e. The van der Waals surface area contributed by atoms with Crippen molar-refractivity contribution in [3.8, 4) is 0 Å². The molecular weight excluding hydrogens is 385 g/mol. The Hall–Kier alpha value is -2.08. The van der Waals surface area contributed by atoms with Crippen LogP contribution in [0.15, 0.2) is 42.5 Å². The lowest BCUT2D eigenvalue weighted by atomic mass is 9.99. The summed E-state index contributed by atoms with van der Waals surface area (Å²) in [4.78, 5) is 26.4. The molecule has 1 heterocycles. The first-order valence-corrected chi connectivity index (χ1v) is 9.58. The molecule has 2 aromatic rings. The Balaban J connectivity index is 1.72.